The van der Waals surface area contributed by atoms with E-state index in [0.29, 0.717) is 23.6 Å². The molecule has 1 amide bonds. The molecule has 0 aliphatic rings. The molecule has 0 unspecified atom stereocenters. The third-order valence-electron chi connectivity index (χ3n) is 3.25. The summed E-state index contributed by atoms with van der Waals surface area (Å²) >= 11 is 11.0. The molecule has 0 spiro atoms. The molecule has 0 aliphatic heterocycles. The number of carboxylic acid groups (broad SMARTS) is 1. The van der Waals surface area contributed by atoms with Gasteiger partial charge in [-0.15, -0.1) is 0 Å². The first-order chi connectivity index (χ1) is 12.4. The van der Waals surface area contributed by atoms with E-state index in [-0.39, 0.29) is 15.7 Å². The molecule has 0 saturated heterocycles. The number of amides is 1. The Morgan fingerprint density at radius 1 is 1.23 bits per heavy atom. The fraction of sp³-hybridized carbons (Fsp3) is 0.167. The molecular formula is C18H17ClN2O4S. The van der Waals surface area contributed by atoms with Crippen molar-refractivity contribution in [3.8, 4) is 5.75 Å². The molecule has 0 radical (unpaired) electrons. The van der Waals surface area contributed by atoms with E-state index in [2.05, 4.69) is 10.6 Å². The molecule has 3 N–H and O–H groups in total. The van der Waals surface area contributed by atoms with Gasteiger partial charge in [0.1, 0.15) is 5.75 Å². The normalized spacial score (nSPS) is 10.1. The van der Waals surface area contributed by atoms with E-state index in [1.165, 1.54) is 18.2 Å². The highest BCUT2D eigenvalue weighted by atomic mass is 35.5. The number of carbonyl (C=O) groups is 2. The first kappa shape index (κ1) is 19.7. The second kappa shape index (κ2) is 9.17. The Morgan fingerprint density at radius 2 is 2.00 bits per heavy atom. The Hall–Kier alpha value is -2.64. The summed E-state index contributed by atoms with van der Waals surface area (Å²) < 4.78 is 5.50. The van der Waals surface area contributed by atoms with Gasteiger partial charge >= 0.3 is 5.97 Å². The van der Waals surface area contributed by atoms with E-state index in [1.54, 1.807) is 24.3 Å². The summed E-state index contributed by atoms with van der Waals surface area (Å²) in [7, 11) is 0. The highest BCUT2D eigenvalue weighted by Crippen LogP contribution is 2.21. The van der Waals surface area contributed by atoms with Crippen LogP contribution in [0.25, 0.3) is 0 Å². The molecule has 26 heavy (non-hydrogen) atoms. The van der Waals surface area contributed by atoms with Crippen LogP contribution in [0.2, 0.25) is 5.02 Å². The molecule has 0 aliphatic carbocycles. The molecule has 0 fully saturated rings. The summed E-state index contributed by atoms with van der Waals surface area (Å²) in [6.07, 6.45) is 0.869. The van der Waals surface area contributed by atoms with Crippen molar-refractivity contribution in [3.05, 3.63) is 58.6 Å². The molecule has 2 aromatic carbocycles. The standard InChI is InChI=1S/C18H17ClN2O4S/c1-2-8-25-13-5-3-4-11(9-13)16(22)21-18(26)20-12-6-7-14(17(23)24)15(19)10-12/h3-7,9-10H,2,8H2,1H3,(H,23,24)(H2,20,21,22,26). The molecule has 0 aromatic heterocycles. The van der Waals surface area contributed by atoms with Crippen molar-refractivity contribution < 1.29 is 19.4 Å². The lowest BCUT2D eigenvalue weighted by Crippen LogP contribution is -2.34. The molecule has 6 nitrogen and oxygen atoms in total. The average molecular weight is 393 g/mol. The number of rotatable bonds is 6. The van der Waals surface area contributed by atoms with Gasteiger partial charge in [-0.3, -0.25) is 10.1 Å². The Bertz CT molecular complexity index is 842. The monoisotopic (exact) mass is 392 g/mol. The fourth-order valence-corrected chi connectivity index (χ4v) is 2.52. The van der Waals surface area contributed by atoms with Crippen molar-refractivity contribution >= 4 is 46.5 Å². The number of hydrogen-bond acceptors (Lipinski definition) is 4. The smallest absolute Gasteiger partial charge is 0.337 e. The predicted molar refractivity (Wildman–Crippen MR) is 104 cm³/mol. The van der Waals surface area contributed by atoms with Crippen LogP contribution in [0.1, 0.15) is 34.1 Å². The Balaban J connectivity index is 2.00. The lowest BCUT2D eigenvalue weighted by Gasteiger charge is -2.11. The first-order valence-electron chi connectivity index (χ1n) is 7.78. The van der Waals surface area contributed by atoms with Gasteiger partial charge in [0, 0.05) is 11.3 Å². The number of aromatic carboxylic acids is 1. The van der Waals surface area contributed by atoms with Crippen LogP contribution < -0.4 is 15.4 Å². The second-order valence-corrected chi connectivity index (χ2v) is 6.10. The lowest BCUT2D eigenvalue weighted by molar-refractivity contribution is 0.0697. The number of benzene rings is 2. The molecule has 8 heteroatoms. The quantitative estimate of drug-likeness (QED) is 0.645. The van der Waals surface area contributed by atoms with Gasteiger partial charge < -0.3 is 15.2 Å². The molecule has 0 atom stereocenters. The van der Waals surface area contributed by atoms with Crippen molar-refractivity contribution in [2.24, 2.45) is 0 Å². The number of nitrogens with one attached hydrogen (secondary N) is 2. The predicted octanol–water partition coefficient (Wildman–Crippen LogP) is 3.95. The number of thiocarbonyl (C=S) groups is 1. The van der Waals surface area contributed by atoms with Gasteiger partial charge in [0.15, 0.2) is 5.11 Å². The van der Waals surface area contributed by atoms with E-state index in [1.807, 2.05) is 6.92 Å². The third-order valence-corrected chi connectivity index (χ3v) is 3.77. The first-order valence-corrected chi connectivity index (χ1v) is 8.57. The maximum Gasteiger partial charge on any atom is 0.337 e. The van der Waals surface area contributed by atoms with Crippen molar-refractivity contribution in [3.63, 3.8) is 0 Å². The highest BCUT2D eigenvalue weighted by molar-refractivity contribution is 7.80. The summed E-state index contributed by atoms with van der Waals surface area (Å²) in [4.78, 5) is 23.2. The van der Waals surface area contributed by atoms with Crippen molar-refractivity contribution in [2.75, 3.05) is 11.9 Å². The number of anilines is 1. The van der Waals surface area contributed by atoms with Crippen LogP contribution in [0, 0.1) is 0 Å². The zero-order valence-electron chi connectivity index (χ0n) is 13.9. The van der Waals surface area contributed by atoms with Gasteiger partial charge in [0.2, 0.25) is 0 Å². The van der Waals surface area contributed by atoms with Crippen LogP contribution in [0.3, 0.4) is 0 Å². The molecule has 0 bridgehead atoms. The molecule has 0 saturated carbocycles. The zero-order chi connectivity index (χ0) is 19.1. The summed E-state index contributed by atoms with van der Waals surface area (Å²) in [6, 6.07) is 11.1. The summed E-state index contributed by atoms with van der Waals surface area (Å²) in [5.74, 6) is -0.908. The second-order valence-electron chi connectivity index (χ2n) is 5.28. The average Bonchev–Trinajstić information content (AvgIpc) is 2.59. The van der Waals surface area contributed by atoms with Gasteiger partial charge in [0.05, 0.1) is 17.2 Å². The lowest BCUT2D eigenvalue weighted by atomic mass is 10.2. The van der Waals surface area contributed by atoms with Crippen molar-refractivity contribution in [1.29, 1.82) is 0 Å². The SMILES string of the molecule is CCCOc1cccc(C(=O)NC(=S)Nc2ccc(C(=O)O)c(Cl)c2)c1. The number of carboxylic acids is 1. The minimum Gasteiger partial charge on any atom is -0.494 e. The third kappa shape index (κ3) is 5.44. The van der Waals surface area contributed by atoms with E-state index in [0.717, 1.165) is 6.42 Å². The summed E-state index contributed by atoms with van der Waals surface area (Å²) in [6.45, 7) is 2.56. The van der Waals surface area contributed by atoms with Crippen LogP contribution in [-0.2, 0) is 0 Å². The molecular weight excluding hydrogens is 376 g/mol. The van der Waals surface area contributed by atoms with Gasteiger partial charge in [0.25, 0.3) is 5.91 Å². The van der Waals surface area contributed by atoms with Crippen LogP contribution in [0.15, 0.2) is 42.5 Å². The topological polar surface area (TPSA) is 87.7 Å². The maximum atomic E-state index is 12.3. The van der Waals surface area contributed by atoms with E-state index in [9.17, 15) is 9.59 Å². The number of carbonyl (C=O) groups excluding carboxylic acids is 1. The Kier molecular flexibility index (Phi) is 6.94. The minimum absolute atomic E-state index is 0.0175. The number of hydrogen-bond donors (Lipinski definition) is 3. The number of halogens is 1. The van der Waals surface area contributed by atoms with Gasteiger partial charge in [-0.25, -0.2) is 4.79 Å². The van der Waals surface area contributed by atoms with Gasteiger partial charge in [-0.05, 0) is 55.0 Å². The van der Waals surface area contributed by atoms with Crippen molar-refractivity contribution in [2.45, 2.75) is 13.3 Å². The van der Waals surface area contributed by atoms with Crippen molar-refractivity contribution in [1.82, 2.24) is 5.32 Å². The van der Waals surface area contributed by atoms with Gasteiger partial charge in [-0.1, -0.05) is 24.6 Å². The van der Waals surface area contributed by atoms with Crippen LogP contribution in [0.4, 0.5) is 5.69 Å². The minimum atomic E-state index is -1.12. The van der Waals surface area contributed by atoms with Crippen LogP contribution >= 0.6 is 23.8 Å². The maximum absolute atomic E-state index is 12.3. The fourth-order valence-electron chi connectivity index (χ4n) is 2.05. The van der Waals surface area contributed by atoms with Crippen LogP contribution in [-0.4, -0.2) is 28.7 Å². The Morgan fingerprint density at radius 3 is 2.65 bits per heavy atom. The summed E-state index contributed by atoms with van der Waals surface area (Å²) in [5.41, 5.74) is 0.850. The molecule has 2 rings (SSSR count). The van der Waals surface area contributed by atoms with E-state index >= 15 is 0 Å². The van der Waals surface area contributed by atoms with E-state index in [4.69, 9.17) is 33.7 Å². The Labute approximate surface area is 161 Å². The van der Waals surface area contributed by atoms with Crippen LogP contribution in [0.5, 0.6) is 5.75 Å². The largest absolute Gasteiger partial charge is 0.494 e. The highest BCUT2D eigenvalue weighted by Gasteiger charge is 2.12. The van der Waals surface area contributed by atoms with Gasteiger partial charge in [-0.2, -0.15) is 0 Å². The molecule has 2 aromatic rings. The van der Waals surface area contributed by atoms with E-state index < -0.39 is 11.9 Å². The number of ether oxygens (including phenoxy) is 1. The zero-order valence-corrected chi connectivity index (χ0v) is 15.5. The molecule has 0 heterocycles. The molecule has 136 valence electrons. The summed E-state index contributed by atoms with van der Waals surface area (Å²) in [5, 5.41) is 14.4.